The van der Waals surface area contributed by atoms with Crippen molar-refractivity contribution in [3.8, 4) is 33.8 Å². The highest BCUT2D eigenvalue weighted by Crippen LogP contribution is 2.41. The lowest BCUT2D eigenvalue weighted by molar-refractivity contribution is -0.187. The van der Waals surface area contributed by atoms with E-state index in [1.165, 1.54) is 43.9 Å². The molecular formula is C38H37F7O2. The Bertz CT molecular complexity index is 1670. The summed E-state index contributed by atoms with van der Waals surface area (Å²) in [6.07, 6.45) is 4.55. The highest BCUT2D eigenvalue weighted by Gasteiger charge is 2.38. The molecule has 1 saturated carbocycles. The third-order valence-corrected chi connectivity index (χ3v) is 8.91. The molecule has 5 rings (SSSR count). The summed E-state index contributed by atoms with van der Waals surface area (Å²) in [6, 6.07) is 12.0. The number of halogens is 7. The molecule has 4 aromatic carbocycles. The van der Waals surface area contributed by atoms with E-state index < -0.39 is 52.3 Å². The van der Waals surface area contributed by atoms with Gasteiger partial charge in [-0.25, -0.2) is 22.0 Å². The number of benzene rings is 4. The summed E-state index contributed by atoms with van der Waals surface area (Å²) in [5.41, 5.74) is -0.599. The van der Waals surface area contributed by atoms with E-state index in [1.807, 2.05) is 0 Å². The van der Waals surface area contributed by atoms with Crippen LogP contribution in [0.4, 0.5) is 30.7 Å². The first-order valence-electron chi connectivity index (χ1n) is 16.1. The molecule has 0 unspecified atom stereocenters. The Hall–Kier alpha value is -4.01. The molecule has 1 fully saturated rings. The Kier molecular flexibility index (Phi) is 10.8. The average Bonchev–Trinajstić information content (AvgIpc) is 3.03. The Morgan fingerprint density at radius 2 is 1.30 bits per heavy atom. The second-order valence-corrected chi connectivity index (χ2v) is 12.1. The maximum absolute atomic E-state index is 15.1. The van der Waals surface area contributed by atoms with E-state index in [1.54, 1.807) is 6.92 Å². The Balaban J connectivity index is 1.27. The number of ether oxygens (including phenoxy) is 2. The molecule has 0 aromatic heterocycles. The molecule has 9 heteroatoms. The van der Waals surface area contributed by atoms with Gasteiger partial charge in [0.05, 0.1) is 12.2 Å². The SMILES string of the molecule is CCCCCC1CCC(c2ccc(C(F)(F)Oc3ccc(-c4ccc(-c5cc(F)c(OCC)c(F)c5)c(F)c4)c(F)c3)c(F)c2)CC1. The van der Waals surface area contributed by atoms with Crippen molar-refractivity contribution in [3.05, 3.63) is 107 Å². The molecule has 1 aliphatic carbocycles. The minimum atomic E-state index is -4.09. The minimum Gasteiger partial charge on any atom is -0.488 e. The van der Waals surface area contributed by atoms with Crippen LogP contribution in [-0.2, 0) is 6.11 Å². The number of unbranched alkanes of at least 4 members (excludes halogenated alkanes) is 2. The second-order valence-electron chi connectivity index (χ2n) is 12.1. The zero-order chi connectivity index (χ0) is 33.7. The van der Waals surface area contributed by atoms with E-state index in [2.05, 4.69) is 6.92 Å². The van der Waals surface area contributed by atoms with Gasteiger partial charge in [0.2, 0.25) is 0 Å². The maximum atomic E-state index is 15.1. The molecule has 0 radical (unpaired) electrons. The van der Waals surface area contributed by atoms with Crippen molar-refractivity contribution in [1.82, 2.24) is 0 Å². The molecule has 0 bridgehead atoms. The van der Waals surface area contributed by atoms with E-state index in [4.69, 9.17) is 9.47 Å². The van der Waals surface area contributed by atoms with Gasteiger partial charge in [-0.05, 0) is 104 Å². The highest BCUT2D eigenvalue weighted by atomic mass is 19.3. The molecule has 0 saturated heterocycles. The summed E-state index contributed by atoms with van der Waals surface area (Å²) in [6.45, 7) is 3.77. The molecule has 250 valence electrons. The van der Waals surface area contributed by atoms with Crippen LogP contribution in [0.1, 0.15) is 82.3 Å². The predicted molar refractivity (Wildman–Crippen MR) is 168 cm³/mol. The van der Waals surface area contributed by atoms with Crippen LogP contribution in [0.5, 0.6) is 11.5 Å². The van der Waals surface area contributed by atoms with Gasteiger partial charge >= 0.3 is 6.11 Å². The lowest BCUT2D eigenvalue weighted by atomic mass is 9.77. The normalized spacial score (nSPS) is 16.7. The van der Waals surface area contributed by atoms with Gasteiger partial charge in [0, 0.05) is 17.2 Å². The lowest BCUT2D eigenvalue weighted by Gasteiger charge is -2.29. The van der Waals surface area contributed by atoms with Crippen LogP contribution in [-0.4, -0.2) is 6.61 Å². The molecule has 2 nitrogen and oxygen atoms in total. The number of alkyl halides is 2. The largest absolute Gasteiger partial charge is 0.488 e. The van der Waals surface area contributed by atoms with E-state index in [0.29, 0.717) is 17.5 Å². The van der Waals surface area contributed by atoms with Gasteiger partial charge in [0.1, 0.15) is 23.2 Å². The van der Waals surface area contributed by atoms with Gasteiger partial charge in [0.15, 0.2) is 17.4 Å². The summed E-state index contributed by atoms with van der Waals surface area (Å²) in [5.74, 6) is -5.36. The first kappa shape index (κ1) is 34.3. The van der Waals surface area contributed by atoms with E-state index in [0.717, 1.165) is 68.1 Å². The number of hydrogen-bond donors (Lipinski definition) is 0. The zero-order valence-corrected chi connectivity index (χ0v) is 26.3. The van der Waals surface area contributed by atoms with Crippen LogP contribution in [0.2, 0.25) is 0 Å². The smallest absolute Gasteiger partial charge is 0.429 e. The van der Waals surface area contributed by atoms with Gasteiger partial charge < -0.3 is 9.47 Å². The van der Waals surface area contributed by atoms with Crippen molar-refractivity contribution >= 4 is 0 Å². The fraction of sp³-hybridized carbons (Fsp3) is 0.368. The van der Waals surface area contributed by atoms with Crippen LogP contribution < -0.4 is 9.47 Å². The van der Waals surface area contributed by atoms with Gasteiger partial charge in [-0.15, -0.1) is 0 Å². The van der Waals surface area contributed by atoms with Crippen molar-refractivity contribution < 1.29 is 40.2 Å². The Morgan fingerprint density at radius 3 is 1.91 bits per heavy atom. The fourth-order valence-corrected chi connectivity index (χ4v) is 6.40. The first-order chi connectivity index (χ1) is 22.5. The third-order valence-electron chi connectivity index (χ3n) is 8.91. The van der Waals surface area contributed by atoms with Crippen molar-refractivity contribution in [2.45, 2.75) is 77.2 Å². The van der Waals surface area contributed by atoms with E-state index in [-0.39, 0.29) is 34.8 Å². The van der Waals surface area contributed by atoms with Crippen molar-refractivity contribution in [1.29, 1.82) is 0 Å². The van der Waals surface area contributed by atoms with Gasteiger partial charge in [-0.3, -0.25) is 0 Å². The monoisotopic (exact) mass is 658 g/mol. The van der Waals surface area contributed by atoms with Crippen LogP contribution in [0, 0.1) is 35.0 Å². The summed E-state index contributed by atoms with van der Waals surface area (Å²) in [4.78, 5) is 0. The van der Waals surface area contributed by atoms with Crippen LogP contribution >= 0.6 is 0 Å². The summed E-state index contributed by atoms with van der Waals surface area (Å²) in [7, 11) is 0. The molecule has 47 heavy (non-hydrogen) atoms. The standard InChI is InChI=1S/C38H37F7O2/c1-3-5-6-7-23-8-10-24(11-9-23)25-13-17-31(34(41)18-25)38(44,45)47-28-14-16-29(33(40)22-28)26-12-15-30(32(39)19-26)27-20-35(42)37(46-4-2)36(43)21-27/h12-24H,3-11H2,1-2H3. The van der Waals surface area contributed by atoms with Gasteiger partial charge in [-0.1, -0.05) is 50.8 Å². The number of rotatable bonds is 12. The molecular weight excluding hydrogens is 621 g/mol. The Labute approximate surface area is 270 Å². The van der Waals surface area contributed by atoms with Crippen molar-refractivity contribution in [2.24, 2.45) is 5.92 Å². The quantitative estimate of drug-likeness (QED) is 0.111. The van der Waals surface area contributed by atoms with Crippen LogP contribution in [0.15, 0.2) is 66.7 Å². The number of hydrogen-bond acceptors (Lipinski definition) is 2. The van der Waals surface area contributed by atoms with Crippen LogP contribution in [0.3, 0.4) is 0 Å². The van der Waals surface area contributed by atoms with E-state index in [9.17, 15) is 8.78 Å². The van der Waals surface area contributed by atoms with Crippen LogP contribution in [0.25, 0.3) is 22.3 Å². The summed E-state index contributed by atoms with van der Waals surface area (Å²) >= 11 is 0. The van der Waals surface area contributed by atoms with Gasteiger partial charge in [0.25, 0.3) is 0 Å². The molecule has 0 atom stereocenters. The summed E-state index contributed by atoms with van der Waals surface area (Å²) < 4.78 is 114. The average molecular weight is 659 g/mol. The molecule has 0 heterocycles. The van der Waals surface area contributed by atoms with Crippen molar-refractivity contribution in [2.75, 3.05) is 6.61 Å². The fourth-order valence-electron chi connectivity index (χ4n) is 6.40. The molecule has 0 spiro atoms. The third kappa shape index (κ3) is 7.94. The topological polar surface area (TPSA) is 18.5 Å². The predicted octanol–water partition coefficient (Wildman–Crippen LogP) is 12.1. The van der Waals surface area contributed by atoms with E-state index >= 15 is 22.0 Å². The highest BCUT2D eigenvalue weighted by molar-refractivity contribution is 5.72. The zero-order valence-electron chi connectivity index (χ0n) is 26.3. The minimum absolute atomic E-state index is 0.0351. The second kappa shape index (κ2) is 14.8. The molecule has 0 aliphatic heterocycles. The molecule has 0 amide bonds. The van der Waals surface area contributed by atoms with Crippen molar-refractivity contribution in [3.63, 3.8) is 0 Å². The lowest BCUT2D eigenvalue weighted by Crippen LogP contribution is -2.24. The maximum Gasteiger partial charge on any atom is 0.429 e. The Morgan fingerprint density at radius 1 is 0.660 bits per heavy atom. The molecule has 4 aromatic rings. The molecule has 1 aliphatic rings. The summed E-state index contributed by atoms with van der Waals surface area (Å²) in [5, 5.41) is 0. The molecule has 0 N–H and O–H groups in total. The first-order valence-corrected chi connectivity index (χ1v) is 16.1. The van der Waals surface area contributed by atoms with Gasteiger partial charge in [-0.2, -0.15) is 8.78 Å².